The molecule has 2 aromatic heterocycles. The first-order chi connectivity index (χ1) is 12.0. The van der Waals surface area contributed by atoms with Crippen LogP contribution in [0.2, 0.25) is 0 Å². The molecule has 2 aliphatic heterocycles. The first-order valence-corrected chi connectivity index (χ1v) is 9.05. The fourth-order valence-electron chi connectivity index (χ4n) is 4.41. The van der Waals surface area contributed by atoms with Crippen LogP contribution in [0.3, 0.4) is 0 Å². The molecule has 1 fully saturated rings. The molecule has 0 saturated carbocycles. The molecule has 6 nitrogen and oxygen atoms in total. The van der Waals surface area contributed by atoms with Gasteiger partial charge in [0.15, 0.2) is 0 Å². The second-order valence-corrected chi connectivity index (χ2v) is 7.83. The monoisotopic (exact) mass is 339 g/mol. The lowest BCUT2D eigenvalue weighted by molar-refractivity contribution is 0.109. The van der Waals surface area contributed by atoms with E-state index in [9.17, 15) is 4.79 Å². The molecule has 0 spiro atoms. The molecule has 4 rings (SSSR count). The molecule has 0 unspecified atom stereocenters. The van der Waals surface area contributed by atoms with E-state index in [0.29, 0.717) is 23.4 Å². The number of anilines is 1. The molecular weight excluding hydrogens is 314 g/mol. The van der Waals surface area contributed by atoms with Crippen LogP contribution in [0, 0.1) is 11.8 Å². The molecule has 132 valence electrons. The van der Waals surface area contributed by atoms with Gasteiger partial charge in [-0.1, -0.05) is 13.8 Å². The predicted octanol–water partition coefficient (Wildman–Crippen LogP) is 1.96. The Labute approximate surface area is 147 Å². The minimum absolute atomic E-state index is 0.0664. The van der Waals surface area contributed by atoms with E-state index in [-0.39, 0.29) is 11.5 Å². The zero-order valence-electron chi connectivity index (χ0n) is 14.9. The van der Waals surface area contributed by atoms with E-state index in [0.717, 1.165) is 37.4 Å². The average molecular weight is 339 g/mol. The molecule has 0 radical (unpaired) electrons. The molecule has 6 heteroatoms. The molecule has 2 aliphatic rings. The number of likely N-dealkylation sites (tertiary alicyclic amines) is 1. The smallest absolute Gasteiger partial charge is 0.251 e. The van der Waals surface area contributed by atoms with Crippen molar-refractivity contribution in [2.75, 3.05) is 25.4 Å². The minimum Gasteiger partial charge on any atom is -0.368 e. The fraction of sp³-hybridized carbons (Fsp3) is 0.526. The van der Waals surface area contributed by atoms with Gasteiger partial charge in [-0.3, -0.25) is 4.79 Å². The van der Waals surface area contributed by atoms with E-state index in [4.69, 9.17) is 5.73 Å². The summed E-state index contributed by atoms with van der Waals surface area (Å²) >= 11 is 0. The first-order valence-electron chi connectivity index (χ1n) is 9.05. The lowest BCUT2D eigenvalue weighted by atomic mass is 9.82. The Bertz CT molecular complexity index is 844. The van der Waals surface area contributed by atoms with Crippen LogP contribution in [-0.4, -0.2) is 39.1 Å². The number of fused-ring (bicyclic) bond motifs is 4. The van der Waals surface area contributed by atoms with Gasteiger partial charge in [-0.25, -0.2) is 9.97 Å². The average Bonchev–Trinajstić information content (AvgIpc) is 2.55. The summed E-state index contributed by atoms with van der Waals surface area (Å²) in [5.74, 6) is 1.88. The lowest BCUT2D eigenvalue weighted by Crippen LogP contribution is -2.48. The van der Waals surface area contributed by atoms with Crippen molar-refractivity contribution in [1.29, 1.82) is 0 Å². The molecule has 0 aliphatic carbocycles. The standard InChI is InChI=1S/C19H25N5O/c1-12(2)8-23-9-13-5-15(11-23)17-6-14(7-18(25)24(17)10-13)16-3-4-21-19(20)22-16/h3-4,6-7,12-13,15H,5,8-11H2,1-2H3,(H2,20,21,22)/t13-,15+/m0/s1. The van der Waals surface area contributed by atoms with Gasteiger partial charge >= 0.3 is 0 Å². The van der Waals surface area contributed by atoms with Crippen molar-refractivity contribution in [1.82, 2.24) is 19.4 Å². The largest absolute Gasteiger partial charge is 0.368 e. The first kappa shape index (κ1) is 16.3. The van der Waals surface area contributed by atoms with E-state index in [1.807, 2.05) is 4.57 Å². The van der Waals surface area contributed by atoms with Gasteiger partial charge < -0.3 is 15.2 Å². The highest BCUT2D eigenvalue weighted by molar-refractivity contribution is 5.60. The van der Waals surface area contributed by atoms with Gasteiger partial charge in [0, 0.05) is 55.6 Å². The van der Waals surface area contributed by atoms with Crippen molar-refractivity contribution in [3.8, 4) is 11.3 Å². The third kappa shape index (κ3) is 3.18. The third-order valence-electron chi connectivity index (χ3n) is 5.23. The third-order valence-corrected chi connectivity index (χ3v) is 5.23. The second-order valence-electron chi connectivity index (χ2n) is 7.83. The van der Waals surface area contributed by atoms with Crippen LogP contribution in [0.25, 0.3) is 11.3 Å². The maximum Gasteiger partial charge on any atom is 0.251 e. The number of piperidine rings is 1. The Kier molecular flexibility index (Phi) is 4.07. The molecular formula is C19H25N5O. The zero-order chi connectivity index (χ0) is 17.6. The van der Waals surface area contributed by atoms with Gasteiger partial charge in [-0.2, -0.15) is 0 Å². The molecule has 25 heavy (non-hydrogen) atoms. The van der Waals surface area contributed by atoms with Crippen LogP contribution in [-0.2, 0) is 6.54 Å². The van der Waals surface area contributed by atoms with Crippen molar-refractivity contribution in [2.24, 2.45) is 11.8 Å². The number of nitrogen functional groups attached to an aromatic ring is 1. The van der Waals surface area contributed by atoms with Gasteiger partial charge in [0.2, 0.25) is 5.95 Å². The molecule has 4 heterocycles. The Morgan fingerprint density at radius 2 is 2.12 bits per heavy atom. The molecule has 2 aromatic rings. The van der Waals surface area contributed by atoms with Gasteiger partial charge in [0.05, 0.1) is 5.69 Å². The normalized spacial score (nSPS) is 22.8. The Morgan fingerprint density at radius 1 is 1.28 bits per heavy atom. The molecule has 0 aromatic carbocycles. The maximum absolute atomic E-state index is 12.7. The number of rotatable bonds is 3. The predicted molar refractivity (Wildman–Crippen MR) is 98.3 cm³/mol. The highest BCUT2D eigenvalue weighted by atomic mass is 16.1. The zero-order valence-corrected chi connectivity index (χ0v) is 14.9. The molecule has 2 N–H and O–H groups in total. The summed E-state index contributed by atoms with van der Waals surface area (Å²) < 4.78 is 1.97. The minimum atomic E-state index is 0.0664. The summed E-state index contributed by atoms with van der Waals surface area (Å²) in [6.45, 7) is 8.61. The van der Waals surface area contributed by atoms with Crippen LogP contribution in [0.5, 0.6) is 0 Å². The number of hydrogen-bond donors (Lipinski definition) is 1. The van der Waals surface area contributed by atoms with Crippen molar-refractivity contribution in [3.63, 3.8) is 0 Å². The van der Waals surface area contributed by atoms with Gasteiger partial charge in [-0.05, 0) is 30.4 Å². The van der Waals surface area contributed by atoms with Crippen LogP contribution in [0.15, 0.2) is 29.2 Å². The lowest BCUT2D eigenvalue weighted by Gasteiger charge is -2.43. The fourth-order valence-corrected chi connectivity index (χ4v) is 4.41. The summed E-state index contributed by atoms with van der Waals surface area (Å²) in [6.07, 6.45) is 2.80. The Balaban J connectivity index is 1.72. The summed E-state index contributed by atoms with van der Waals surface area (Å²) in [4.78, 5) is 23.5. The van der Waals surface area contributed by atoms with Crippen molar-refractivity contribution >= 4 is 5.95 Å². The van der Waals surface area contributed by atoms with Crippen LogP contribution in [0.1, 0.15) is 31.9 Å². The molecule has 1 saturated heterocycles. The summed E-state index contributed by atoms with van der Waals surface area (Å²) in [5, 5.41) is 0. The van der Waals surface area contributed by atoms with Crippen molar-refractivity contribution < 1.29 is 0 Å². The summed E-state index contributed by atoms with van der Waals surface area (Å²) in [6, 6.07) is 5.61. The van der Waals surface area contributed by atoms with Crippen LogP contribution >= 0.6 is 0 Å². The second kappa shape index (κ2) is 6.26. The number of nitrogens with two attached hydrogens (primary N) is 1. The van der Waals surface area contributed by atoms with E-state index >= 15 is 0 Å². The molecule has 0 amide bonds. The quantitative estimate of drug-likeness (QED) is 0.925. The summed E-state index contributed by atoms with van der Waals surface area (Å²) in [5.41, 5.74) is 8.46. The topological polar surface area (TPSA) is 77.0 Å². The number of pyridine rings is 1. The van der Waals surface area contributed by atoms with Crippen molar-refractivity contribution in [2.45, 2.75) is 32.7 Å². The number of aromatic nitrogens is 3. The van der Waals surface area contributed by atoms with E-state index in [1.54, 1.807) is 18.3 Å². The Hall–Kier alpha value is -2.21. The van der Waals surface area contributed by atoms with Gasteiger partial charge in [-0.15, -0.1) is 0 Å². The number of hydrogen-bond acceptors (Lipinski definition) is 5. The van der Waals surface area contributed by atoms with Crippen LogP contribution < -0.4 is 11.3 Å². The van der Waals surface area contributed by atoms with E-state index in [2.05, 4.69) is 34.8 Å². The molecule has 2 atom stereocenters. The van der Waals surface area contributed by atoms with Gasteiger partial charge in [0.25, 0.3) is 5.56 Å². The highest BCUT2D eigenvalue weighted by Crippen LogP contribution is 2.36. The SMILES string of the molecule is CC(C)CN1C[C@@H]2C[C@H](C1)c1cc(-c3ccnc(N)n3)cc(=O)n1C2. The number of nitrogens with zero attached hydrogens (tertiary/aromatic N) is 4. The Morgan fingerprint density at radius 3 is 2.88 bits per heavy atom. The van der Waals surface area contributed by atoms with Crippen molar-refractivity contribution in [3.05, 3.63) is 40.4 Å². The van der Waals surface area contributed by atoms with E-state index < -0.39 is 0 Å². The van der Waals surface area contributed by atoms with E-state index in [1.165, 1.54) is 6.42 Å². The highest BCUT2D eigenvalue weighted by Gasteiger charge is 2.35. The van der Waals surface area contributed by atoms with Crippen LogP contribution in [0.4, 0.5) is 5.95 Å². The molecule has 2 bridgehead atoms. The van der Waals surface area contributed by atoms with Gasteiger partial charge in [0.1, 0.15) is 0 Å². The maximum atomic E-state index is 12.7. The summed E-state index contributed by atoms with van der Waals surface area (Å²) in [7, 11) is 0.